The highest BCUT2D eigenvalue weighted by Crippen LogP contribution is 2.51. The van der Waals surface area contributed by atoms with Crippen molar-refractivity contribution in [3.05, 3.63) is 59.5 Å². The summed E-state index contributed by atoms with van der Waals surface area (Å²) in [5, 5.41) is 3.37. The van der Waals surface area contributed by atoms with Gasteiger partial charge in [-0.3, -0.25) is 4.79 Å². The number of nitrogens with zero attached hydrogens (tertiary/aromatic N) is 2. The molecule has 1 aromatic heterocycles. The molecule has 2 N–H and O–H groups in total. The standard InChI is InChI=1S/C27H28F4N4O3/c1-16(36)35-15-26(9-11-34(12-10-26)25(37)33-20-6-4-3-5-19(20)28)23-18-8-7-17(38-2)13-21(18)32-24(23)22(35)14-27(29,30)31/h3-8,13,22,32H,9-12,14-15H2,1-2H3,(H,33,37)/t22-/m0/s1. The third-order valence-corrected chi connectivity index (χ3v) is 7.70. The molecule has 0 aliphatic carbocycles. The van der Waals surface area contributed by atoms with Gasteiger partial charge in [0.15, 0.2) is 0 Å². The van der Waals surface area contributed by atoms with Gasteiger partial charge in [-0.15, -0.1) is 0 Å². The number of likely N-dealkylation sites (tertiary alicyclic amines) is 1. The largest absolute Gasteiger partial charge is 0.497 e. The van der Waals surface area contributed by atoms with Crippen molar-refractivity contribution in [2.24, 2.45) is 0 Å². The highest BCUT2D eigenvalue weighted by molar-refractivity contribution is 5.90. The van der Waals surface area contributed by atoms with Gasteiger partial charge in [0.25, 0.3) is 0 Å². The van der Waals surface area contributed by atoms with E-state index in [0.29, 0.717) is 29.8 Å². The maximum Gasteiger partial charge on any atom is 0.391 e. The van der Waals surface area contributed by atoms with Crippen LogP contribution in [0.2, 0.25) is 0 Å². The number of anilines is 1. The van der Waals surface area contributed by atoms with Crippen molar-refractivity contribution in [2.75, 3.05) is 32.1 Å². The highest BCUT2D eigenvalue weighted by Gasteiger charge is 2.51. The molecule has 38 heavy (non-hydrogen) atoms. The number of alkyl halides is 3. The van der Waals surface area contributed by atoms with Crippen LogP contribution in [0.15, 0.2) is 42.5 Å². The van der Waals surface area contributed by atoms with Gasteiger partial charge in [0.1, 0.15) is 11.6 Å². The maximum atomic E-state index is 14.0. The van der Waals surface area contributed by atoms with Crippen LogP contribution in [0, 0.1) is 5.82 Å². The Hall–Kier alpha value is -3.76. The lowest BCUT2D eigenvalue weighted by molar-refractivity contribution is -0.158. The number of ether oxygens (including phenoxy) is 1. The number of piperidine rings is 1. The number of benzene rings is 2. The van der Waals surface area contributed by atoms with Crippen LogP contribution in [0.4, 0.5) is 28.0 Å². The summed E-state index contributed by atoms with van der Waals surface area (Å²) in [6.45, 7) is 1.97. The molecule has 0 saturated carbocycles. The molecular formula is C27H28F4N4O3. The second-order valence-electron chi connectivity index (χ2n) is 9.98. The zero-order valence-electron chi connectivity index (χ0n) is 21.0. The first-order valence-electron chi connectivity index (χ1n) is 12.4. The Balaban J connectivity index is 1.51. The van der Waals surface area contributed by atoms with E-state index in [-0.39, 0.29) is 25.3 Å². The van der Waals surface area contributed by atoms with Crippen LogP contribution in [0.1, 0.15) is 43.5 Å². The number of nitrogens with one attached hydrogen (secondary N) is 2. The Morgan fingerprint density at radius 1 is 1.16 bits per heavy atom. The van der Waals surface area contributed by atoms with Gasteiger partial charge >= 0.3 is 12.2 Å². The van der Waals surface area contributed by atoms with E-state index in [2.05, 4.69) is 10.3 Å². The summed E-state index contributed by atoms with van der Waals surface area (Å²) in [6, 6.07) is 9.56. The molecule has 2 aliphatic rings. The summed E-state index contributed by atoms with van der Waals surface area (Å²) < 4.78 is 60.4. The zero-order valence-corrected chi connectivity index (χ0v) is 21.0. The van der Waals surface area contributed by atoms with Crippen molar-refractivity contribution in [1.29, 1.82) is 0 Å². The van der Waals surface area contributed by atoms with Gasteiger partial charge in [0.2, 0.25) is 5.91 Å². The molecule has 1 saturated heterocycles. The normalized spacial score (nSPS) is 18.9. The second kappa shape index (κ2) is 9.52. The fourth-order valence-corrected chi connectivity index (χ4v) is 5.88. The Morgan fingerprint density at radius 2 is 1.87 bits per heavy atom. The molecule has 0 radical (unpaired) electrons. The number of aromatic amines is 1. The van der Waals surface area contributed by atoms with Crippen LogP contribution in [0.25, 0.3) is 10.9 Å². The predicted molar refractivity (Wildman–Crippen MR) is 134 cm³/mol. The van der Waals surface area contributed by atoms with Gasteiger partial charge < -0.3 is 24.8 Å². The highest BCUT2D eigenvalue weighted by atomic mass is 19.4. The lowest BCUT2D eigenvalue weighted by atomic mass is 9.68. The van der Waals surface area contributed by atoms with Crippen LogP contribution < -0.4 is 10.1 Å². The van der Waals surface area contributed by atoms with Gasteiger partial charge in [-0.25, -0.2) is 9.18 Å². The predicted octanol–water partition coefficient (Wildman–Crippen LogP) is 5.74. The van der Waals surface area contributed by atoms with E-state index < -0.39 is 41.8 Å². The Kier molecular flexibility index (Phi) is 6.48. The minimum absolute atomic E-state index is 0.0704. The Labute approximate surface area is 216 Å². The SMILES string of the molecule is COc1ccc2c3c([nH]c2c1)[C@H](CC(F)(F)F)N(C(C)=O)CC31CCN(C(=O)Nc2ccccc2F)CC1. The average molecular weight is 533 g/mol. The summed E-state index contributed by atoms with van der Waals surface area (Å²) >= 11 is 0. The number of fused-ring (bicyclic) bond motifs is 4. The van der Waals surface area contributed by atoms with Crippen LogP contribution in [-0.4, -0.2) is 59.6 Å². The molecule has 202 valence electrons. The minimum atomic E-state index is -4.48. The van der Waals surface area contributed by atoms with E-state index >= 15 is 0 Å². The van der Waals surface area contributed by atoms with E-state index in [4.69, 9.17) is 4.74 Å². The molecule has 3 aromatic rings. The number of para-hydroxylation sites is 1. The van der Waals surface area contributed by atoms with Gasteiger partial charge in [0.05, 0.1) is 25.3 Å². The number of carbonyl (C=O) groups excluding carboxylic acids is 2. The molecule has 1 atom stereocenters. The van der Waals surface area contributed by atoms with Crippen molar-refractivity contribution in [3.8, 4) is 5.75 Å². The number of halogens is 4. The monoisotopic (exact) mass is 532 g/mol. The third-order valence-electron chi connectivity index (χ3n) is 7.70. The summed E-state index contributed by atoms with van der Waals surface area (Å²) in [5.41, 5.74) is 1.17. The number of amides is 3. The van der Waals surface area contributed by atoms with Gasteiger partial charge in [-0.2, -0.15) is 13.2 Å². The molecule has 2 aliphatic heterocycles. The Morgan fingerprint density at radius 3 is 2.50 bits per heavy atom. The van der Waals surface area contributed by atoms with Crippen molar-refractivity contribution in [3.63, 3.8) is 0 Å². The van der Waals surface area contributed by atoms with Crippen molar-refractivity contribution in [1.82, 2.24) is 14.8 Å². The fourth-order valence-electron chi connectivity index (χ4n) is 5.88. The molecule has 2 aromatic carbocycles. The first kappa shape index (κ1) is 25.9. The van der Waals surface area contributed by atoms with E-state index in [1.54, 1.807) is 23.1 Å². The second-order valence-corrected chi connectivity index (χ2v) is 9.98. The van der Waals surface area contributed by atoms with E-state index in [0.717, 1.165) is 10.9 Å². The average Bonchev–Trinajstić information content (AvgIpc) is 3.26. The maximum absolute atomic E-state index is 14.0. The smallest absolute Gasteiger partial charge is 0.391 e. The van der Waals surface area contributed by atoms with Gasteiger partial charge in [-0.1, -0.05) is 12.1 Å². The van der Waals surface area contributed by atoms with E-state index in [1.807, 2.05) is 6.07 Å². The van der Waals surface area contributed by atoms with Crippen molar-refractivity contribution >= 4 is 28.5 Å². The number of aromatic nitrogens is 1. The lowest BCUT2D eigenvalue weighted by Gasteiger charge is -2.50. The van der Waals surface area contributed by atoms with E-state index in [1.165, 1.54) is 37.1 Å². The Bertz CT molecular complexity index is 1380. The summed E-state index contributed by atoms with van der Waals surface area (Å²) in [5.74, 6) is -0.436. The molecular weight excluding hydrogens is 504 g/mol. The molecule has 3 heterocycles. The van der Waals surface area contributed by atoms with Crippen LogP contribution in [-0.2, 0) is 10.2 Å². The van der Waals surface area contributed by atoms with Crippen LogP contribution in [0.3, 0.4) is 0 Å². The van der Waals surface area contributed by atoms with E-state index in [9.17, 15) is 27.2 Å². The first-order valence-corrected chi connectivity index (χ1v) is 12.4. The van der Waals surface area contributed by atoms with Gasteiger partial charge in [-0.05, 0) is 42.7 Å². The number of hydrogen-bond donors (Lipinski definition) is 2. The molecule has 7 nitrogen and oxygen atoms in total. The lowest BCUT2D eigenvalue weighted by Crippen LogP contribution is -2.55. The molecule has 1 spiro atoms. The summed E-state index contributed by atoms with van der Waals surface area (Å²) in [7, 11) is 1.51. The number of rotatable bonds is 3. The number of urea groups is 1. The molecule has 3 amide bonds. The summed E-state index contributed by atoms with van der Waals surface area (Å²) in [6.07, 6.45) is -4.81. The number of methoxy groups -OCH3 is 1. The molecule has 0 bridgehead atoms. The molecule has 5 rings (SSSR count). The van der Waals surface area contributed by atoms with Crippen LogP contribution >= 0.6 is 0 Å². The fraction of sp³-hybridized carbons (Fsp3) is 0.407. The molecule has 0 unspecified atom stereocenters. The zero-order chi connectivity index (χ0) is 27.2. The van der Waals surface area contributed by atoms with Crippen molar-refractivity contribution in [2.45, 2.75) is 43.8 Å². The number of carbonyl (C=O) groups is 2. The topological polar surface area (TPSA) is 77.7 Å². The quantitative estimate of drug-likeness (QED) is 0.423. The third kappa shape index (κ3) is 4.65. The van der Waals surface area contributed by atoms with Crippen molar-refractivity contribution < 1.29 is 31.9 Å². The molecule has 1 fully saturated rings. The van der Waals surface area contributed by atoms with Gasteiger partial charge in [0, 0.05) is 54.6 Å². The summed E-state index contributed by atoms with van der Waals surface area (Å²) in [4.78, 5) is 31.6. The minimum Gasteiger partial charge on any atom is -0.497 e. The molecule has 11 heteroatoms. The van der Waals surface area contributed by atoms with Crippen LogP contribution in [0.5, 0.6) is 5.75 Å². The number of hydrogen-bond acceptors (Lipinski definition) is 3. The first-order chi connectivity index (χ1) is 18.0. The number of H-pyrrole nitrogens is 1.